The van der Waals surface area contributed by atoms with Gasteiger partial charge in [-0.2, -0.15) is 0 Å². The highest BCUT2D eigenvalue weighted by Crippen LogP contribution is 2.10. The summed E-state index contributed by atoms with van der Waals surface area (Å²) in [5.74, 6) is -0.592. The van der Waals surface area contributed by atoms with Crippen LogP contribution in [0.1, 0.15) is 12.5 Å². The third-order valence-corrected chi connectivity index (χ3v) is 5.23. The minimum Gasteiger partial charge on any atom is -0.450 e. The van der Waals surface area contributed by atoms with Gasteiger partial charge in [-0.15, -0.1) is 0 Å². The fourth-order valence-corrected chi connectivity index (χ4v) is 3.44. The summed E-state index contributed by atoms with van der Waals surface area (Å²) in [6.45, 7) is 5.72. The summed E-state index contributed by atoms with van der Waals surface area (Å²) >= 11 is 0. The van der Waals surface area contributed by atoms with Crippen LogP contribution in [0.25, 0.3) is 0 Å². The minimum atomic E-state index is -3.87. The summed E-state index contributed by atoms with van der Waals surface area (Å²) < 4.78 is 31.4. The molecule has 2 rings (SSSR count). The third-order valence-electron chi connectivity index (χ3n) is 3.84. The Morgan fingerprint density at radius 3 is 2.28 bits per heavy atom. The largest absolute Gasteiger partial charge is 0.450 e. The average molecular weight is 369 g/mol. The SMILES string of the molecule is CCOC(=O)N1CCN(CC(=O)NS(=O)(=O)c2ccc(C)cc2)CC1. The maximum atomic E-state index is 12.2. The first-order valence-electron chi connectivity index (χ1n) is 8.08. The van der Waals surface area contributed by atoms with Crippen molar-refractivity contribution in [1.82, 2.24) is 14.5 Å². The molecule has 0 atom stereocenters. The summed E-state index contributed by atoms with van der Waals surface area (Å²) in [5.41, 5.74) is 0.935. The zero-order chi connectivity index (χ0) is 18.4. The zero-order valence-electron chi connectivity index (χ0n) is 14.4. The van der Waals surface area contributed by atoms with Crippen LogP contribution in [0.3, 0.4) is 0 Å². The first kappa shape index (κ1) is 19.2. The number of piperazine rings is 1. The van der Waals surface area contributed by atoms with Crippen LogP contribution in [0.5, 0.6) is 0 Å². The summed E-state index contributed by atoms with van der Waals surface area (Å²) in [6.07, 6.45) is -0.367. The van der Waals surface area contributed by atoms with Gasteiger partial charge in [0.25, 0.3) is 10.0 Å². The molecule has 9 heteroatoms. The highest BCUT2D eigenvalue weighted by molar-refractivity contribution is 7.90. The number of nitrogens with one attached hydrogen (secondary N) is 1. The molecule has 0 aliphatic carbocycles. The quantitative estimate of drug-likeness (QED) is 0.815. The van der Waals surface area contributed by atoms with Gasteiger partial charge in [-0.1, -0.05) is 17.7 Å². The molecule has 1 aliphatic heterocycles. The number of ether oxygens (including phenoxy) is 1. The molecule has 1 fully saturated rings. The molecule has 138 valence electrons. The predicted molar refractivity (Wildman–Crippen MR) is 91.5 cm³/mol. The zero-order valence-corrected chi connectivity index (χ0v) is 15.2. The summed E-state index contributed by atoms with van der Waals surface area (Å²) in [5, 5.41) is 0. The van der Waals surface area contributed by atoms with E-state index >= 15 is 0 Å². The van der Waals surface area contributed by atoms with Crippen molar-refractivity contribution in [3.63, 3.8) is 0 Å². The van der Waals surface area contributed by atoms with Gasteiger partial charge in [-0.05, 0) is 26.0 Å². The maximum absolute atomic E-state index is 12.2. The summed E-state index contributed by atoms with van der Waals surface area (Å²) in [6, 6.07) is 6.27. The van der Waals surface area contributed by atoms with Crippen LogP contribution in [-0.4, -0.2) is 69.5 Å². The van der Waals surface area contributed by atoms with Crippen molar-refractivity contribution in [3.05, 3.63) is 29.8 Å². The monoisotopic (exact) mass is 369 g/mol. The van der Waals surface area contributed by atoms with Gasteiger partial charge in [0.2, 0.25) is 5.91 Å². The molecular weight excluding hydrogens is 346 g/mol. The minimum absolute atomic E-state index is 0.0399. The molecule has 0 unspecified atom stereocenters. The first-order chi connectivity index (χ1) is 11.8. The van der Waals surface area contributed by atoms with E-state index in [0.29, 0.717) is 32.8 Å². The number of hydrogen-bond donors (Lipinski definition) is 1. The second kappa shape index (κ2) is 8.30. The van der Waals surface area contributed by atoms with E-state index in [2.05, 4.69) is 4.72 Å². The smallest absolute Gasteiger partial charge is 0.409 e. The highest BCUT2D eigenvalue weighted by atomic mass is 32.2. The van der Waals surface area contributed by atoms with Gasteiger partial charge < -0.3 is 9.64 Å². The lowest BCUT2D eigenvalue weighted by Gasteiger charge is -2.33. The van der Waals surface area contributed by atoms with Crippen molar-refractivity contribution in [2.45, 2.75) is 18.7 Å². The Morgan fingerprint density at radius 1 is 1.12 bits per heavy atom. The molecule has 8 nitrogen and oxygen atoms in total. The van der Waals surface area contributed by atoms with Crippen LogP contribution in [0, 0.1) is 6.92 Å². The molecule has 1 saturated heterocycles. The molecule has 0 aromatic heterocycles. The molecule has 0 bridgehead atoms. The van der Waals surface area contributed by atoms with E-state index in [1.807, 2.05) is 6.92 Å². The molecule has 1 aliphatic rings. The van der Waals surface area contributed by atoms with Gasteiger partial charge in [-0.25, -0.2) is 17.9 Å². The van der Waals surface area contributed by atoms with Crippen molar-refractivity contribution >= 4 is 22.0 Å². The van der Waals surface area contributed by atoms with Gasteiger partial charge in [0.15, 0.2) is 0 Å². The molecule has 1 aromatic rings. The number of carbonyl (C=O) groups is 2. The second-order valence-electron chi connectivity index (χ2n) is 5.80. The Balaban J connectivity index is 1.85. The Bertz CT molecular complexity index is 710. The van der Waals surface area contributed by atoms with Crippen molar-refractivity contribution in [2.24, 2.45) is 0 Å². The van der Waals surface area contributed by atoms with Crippen LogP contribution in [0.15, 0.2) is 29.2 Å². The van der Waals surface area contributed by atoms with Crippen LogP contribution in [0.4, 0.5) is 4.79 Å². The normalized spacial score (nSPS) is 15.7. The highest BCUT2D eigenvalue weighted by Gasteiger charge is 2.24. The number of amides is 2. The van der Waals surface area contributed by atoms with Gasteiger partial charge in [-0.3, -0.25) is 9.69 Å². The number of sulfonamides is 1. The number of aryl methyl sites for hydroxylation is 1. The van der Waals surface area contributed by atoms with E-state index in [4.69, 9.17) is 4.74 Å². The summed E-state index contributed by atoms with van der Waals surface area (Å²) in [7, 11) is -3.87. The van der Waals surface area contributed by atoms with Crippen LogP contribution in [-0.2, 0) is 19.6 Å². The van der Waals surface area contributed by atoms with Gasteiger partial charge in [0.05, 0.1) is 18.0 Å². The van der Waals surface area contributed by atoms with Crippen LogP contribution in [0.2, 0.25) is 0 Å². The lowest BCUT2D eigenvalue weighted by molar-refractivity contribution is -0.120. The maximum Gasteiger partial charge on any atom is 0.409 e. The molecule has 0 radical (unpaired) electrons. The number of carbonyl (C=O) groups excluding carboxylic acids is 2. The van der Waals surface area contributed by atoms with Crippen molar-refractivity contribution in [3.8, 4) is 0 Å². The van der Waals surface area contributed by atoms with Gasteiger partial charge in [0.1, 0.15) is 0 Å². The number of rotatable bonds is 5. The van der Waals surface area contributed by atoms with Crippen molar-refractivity contribution in [1.29, 1.82) is 0 Å². The molecule has 1 heterocycles. The van der Waals surface area contributed by atoms with E-state index in [9.17, 15) is 18.0 Å². The average Bonchev–Trinajstić information content (AvgIpc) is 2.55. The first-order valence-corrected chi connectivity index (χ1v) is 9.56. The van der Waals surface area contributed by atoms with Crippen LogP contribution < -0.4 is 4.72 Å². The molecule has 2 amide bonds. The molecule has 1 aromatic carbocycles. The summed E-state index contributed by atoms with van der Waals surface area (Å²) in [4.78, 5) is 27.1. The molecule has 0 spiro atoms. The van der Waals surface area contributed by atoms with E-state index in [1.165, 1.54) is 12.1 Å². The number of hydrogen-bond acceptors (Lipinski definition) is 6. The lowest BCUT2D eigenvalue weighted by Crippen LogP contribution is -2.51. The standard InChI is InChI=1S/C16H23N3O5S/c1-3-24-16(21)19-10-8-18(9-11-19)12-15(20)17-25(22,23)14-6-4-13(2)5-7-14/h4-7H,3,8-12H2,1-2H3,(H,17,20). The third kappa shape index (κ3) is 5.43. The van der Waals surface area contributed by atoms with E-state index in [1.54, 1.807) is 28.9 Å². The van der Waals surface area contributed by atoms with Crippen LogP contribution >= 0.6 is 0 Å². The fraction of sp³-hybridized carbons (Fsp3) is 0.500. The Kier molecular flexibility index (Phi) is 6.38. The fourth-order valence-electron chi connectivity index (χ4n) is 2.46. The van der Waals surface area contributed by atoms with Crippen molar-refractivity contribution < 1.29 is 22.7 Å². The second-order valence-corrected chi connectivity index (χ2v) is 7.49. The van der Waals surface area contributed by atoms with E-state index in [-0.39, 0.29) is 17.5 Å². The van der Waals surface area contributed by atoms with Gasteiger partial charge in [0, 0.05) is 26.2 Å². The van der Waals surface area contributed by atoms with Crippen molar-refractivity contribution in [2.75, 3.05) is 39.3 Å². The molecule has 25 heavy (non-hydrogen) atoms. The molecule has 0 saturated carbocycles. The lowest BCUT2D eigenvalue weighted by atomic mass is 10.2. The number of benzene rings is 1. The topological polar surface area (TPSA) is 96.0 Å². The Hall–Kier alpha value is -2.13. The van der Waals surface area contributed by atoms with E-state index < -0.39 is 15.9 Å². The molecule has 1 N–H and O–H groups in total. The number of nitrogens with zero attached hydrogens (tertiary/aromatic N) is 2. The Morgan fingerprint density at radius 2 is 1.72 bits per heavy atom. The molecular formula is C16H23N3O5S. The van der Waals surface area contributed by atoms with Gasteiger partial charge >= 0.3 is 6.09 Å². The predicted octanol–water partition coefficient (Wildman–Crippen LogP) is 0.574. The Labute approximate surface area is 147 Å². The van der Waals surface area contributed by atoms with E-state index in [0.717, 1.165) is 5.56 Å².